The van der Waals surface area contributed by atoms with E-state index in [9.17, 15) is 0 Å². The van der Waals surface area contributed by atoms with Gasteiger partial charge in [-0.25, -0.2) is 0 Å². The van der Waals surface area contributed by atoms with Crippen molar-refractivity contribution in [1.82, 2.24) is 4.90 Å². The summed E-state index contributed by atoms with van der Waals surface area (Å²) in [6, 6.07) is 15.2. The quantitative estimate of drug-likeness (QED) is 0.849. The number of hydrogen-bond donors (Lipinski definition) is 1. The van der Waals surface area contributed by atoms with Crippen LogP contribution in [0.4, 0.5) is 5.69 Å². The molecule has 2 nitrogen and oxygen atoms in total. The number of rotatable bonds is 3. The number of aryl methyl sites for hydroxylation is 1. The monoisotopic (exact) mass is 252 g/mol. The fourth-order valence-electron chi connectivity index (χ4n) is 2.77. The largest absolute Gasteiger partial charge is 0.398 e. The van der Waals surface area contributed by atoms with Gasteiger partial charge in [-0.3, -0.25) is 4.90 Å². The Hall–Kier alpha value is -1.80. The maximum atomic E-state index is 6.04. The Balaban J connectivity index is 1.71. The minimum absolute atomic E-state index is 0.932. The van der Waals surface area contributed by atoms with E-state index in [0.29, 0.717) is 0 Å². The van der Waals surface area contributed by atoms with Crippen molar-refractivity contribution in [3.63, 3.8) is 0 Å². The maximum absolute atomic E-state index is 6.04. The smallest absolute Gasteiger partial charge is 0.0363 e. The Kier molecular flexibility index (Phi) is 3.26. The highest BCUT2D eigenvalue weighted by molar-refractivity contribution is 5.52. The lowest BCUT2D eigenvalue weighted by molar-refractivity contribution is 0.275. The minimum atomic E-state index is 0.932. The molecule has 0 unspecified atom stereocenters. The predicted molar refractivity (Wildman–Crippen MR) is 79.6 cm³/mol. The second kappa shape index (κ2) is 5.06. The summed E-state index contributed by atoms with van der Waals surface area (Å²) in [5.74, 6) is 0. The predicted octanol–water partition coefficient (Wildman–Crippen LogP) is 3.35. The molecule has 98 valence electrons. The molecule has 2 N–H and O–H groups in total. The Morgan fingerprint density at radius 1 is 1.00 bits per heavy atom. The molecule has 19 heavy (non-hydrogen) atoms. The third-order valence-corrected chi connectivity index (χ3v) is 3.92. The van der Waals surface area contributed by atoms with Gasteiger partial charge >= 0.3 is 0 Å². The highest BCUT2D eigenvalue weighted by Gasteiger charge is 2.20. The fourth-order valence-corrected chi connectivity index (χ4v) is 2.77. The number of benzene rings is 2. The molecular formula is C17H20N2. The zero-order valence-electron chi connectivity index (χ0n) is 11.4. The van der Waals surface area contributed by atoms with Crippen LogP contribution in [0.15, 0.2) is 42.5 Å². The van der Waals surface area contributed by atoms with Crippen molar-refractivity contribution in [2.75, 3.05) is 5.73 Å². The number of fused-ring (bicyclic) bond motifs is 1. The lowest BCUT2D eigenvalue weighted by Crippen LogP contribution is -2.15. The van der Waals surface area contributed by atoms with Gasteiger partial charge < -0.3 is 5.73 Å². The van der Waals surface area contributed by atoms with E-state index in [0.717, 1.165) is 31.7 Å². The van der Waals surface area contributed by atoms with Crippen molar-refractivity contribution in [3.8, 4) is 0 Å². The minimum Gasteiger partial charge on any atom is -0.398 e. The molecule has 0 fully saturated rings. The van der Waals surface area contributed by atoms with Crippen LogP contribution >= 0.6 is 0 Å². The van der Waals surface area contributed by atoms with Crippen molar-refractivity contribution >= 4 is 5.69 Å². The molecule has 0 bridgehead atoms. The molecular weight excluding hydrogens is 232 g/mol. The molecule has 0 amide bonds. The summed E-state index contributed by atoms with van der Waals surface area (Å²) in [6.07, 6.45) is 1.10. The Labute approximate surface area is 114 Å². The highest BCUT2D eigenvalue weighted by atomic mass is 15.1. The summed E-state index contributed by atoms with van der Waals surface area (Å²) in [5, 5.41) is 0. The molecule has 1 aliphatic heterocycles. The first-order valence-electron chi connectivity index (χ1n) is 6.92. The Bertz CT molecular complexity index is 572. The fraction of sp³-hybridized carbons (Fsp3) is 0.294. The molecule has 0 atom stereocenters. The summed E-state index contributed by atoms with van der Waals surface area (Å²) in [5.41, 5.74) is 12.4. The summed E-state index contributed by atoms with van der Waals surface area (Å²) >= 11 is 0. The molecule has 1 aliphatic rings. The average molecular weight is 252 g/mol. The van der Waals surface area contributed by atoms with E-state index >= 15 is 0 Å². The lowest BCUT2D eigenvalue weighted by Gasteiger charge is -2.15. The molecule has 0 spiro atoms. The van der Waals surface area contributed by atoms with E-state index < -0.39 is 0 Å². The second-order valence-electron chi connectivity index (χ2n) is 5.30. The first-order chi connectivity index (χ1) is 9.26. The molecule has 0 radical (unpaired) electrons. The first kappa shape index (κ1) is 12.2. The van der Waals surface area contributed by atoms with E-state index in [1.807, 2.05) is 12.1 Å². The highest BCUT2D eigenvalue weighted by Crippen LogP contribution is 2.28. The van der Waals surface area contributed by atoms with Crippen LogP contribution in [0.1, 0.15) is 29.2 Å². The zero-order chi connectivity index (χ0) is 13.2. The molecule has 0 saturated heterocycles. The van der Waals surface area contributed by atoms with Gasteiger partial charge in [0.05, 0.1) is 0 Å². The number of nitrogens with two attached hydrogens (primary N) is 1. The second-order valence-corrected chi connectivity index (χ2v) is 5.30. The molecule has 2 aromatic carbocycles. The van der Waals surface area contributed by atoms with Gasteiger partial charge in [0.15, 0.2) is 0 Å². The molecule has 1 heterocycles. The van der Waals surface area contributed by atoms with Crippen LogP contribution in [0.5, 0.6) is 0 Å². The standard InChI is InChI=1S/C17H20N2/c1-2-13-6-8-14(9-7-13)10-19-11-15-4-3-5-17(18)16(15)12-19/h3-9H,2,10-12,18H2,1H3. The van der Waals surface area contributed by atoms with Gasteiger partial charge in [0.1, 0.15) is 0 Å². The van der Waals surface area contributed by atoms with E-state index in [1.54, 1.807) is 0 Å². The van der Waals surface area contributed by atoms with Gasteiger partial charge in [-0.1, -0.05) is 43.3 Å². The van der Waals surface area contributed by atoms with E-state index in [2.05, 4.69) is 42.2 Å². The number of anilines is 1. The summed E-state index contributed by atoms with van der Waals surface area (Å²) in [7, 11) is 0. The first-order valence-corrected chi connectivity index (χ1v) is 6.92. The summed E-state index contributed by atoms with van der Waals surface area (Å²) < 4.78 is 0. The van der Waals surface area contributed by atoms with Crippen LogP contribution in [0, 0.1) is 0 Å². The van der Waals surface area contributed by atoms with Crippen LogP contribution in [0.2, 0.25) is 0 Å². The van der Waals surface area contributed by atoms with Crippen LogP contribution in [-0.4, -0.2) is 4.90 Å². The average Bonchev–Trinajstić information content (AvgIpc) is 2.84. The normalized spacial score (nSPS) is 14.6. The van der Waals surface area contributed by atoms with Gasteiger partial charge in [-0.2, -0.15) is 0 Å². The summed E-state index contributed by atoms with van der Waals surface area (Å²) in [6.45, 7) is 5.17. The van der Waals surface area contributed by atoms with Gasteiger partial charge in [0, 0.05) is 25.3 Å². The molecule has 3 rings (SSSR count). The molecule has 0 aromatic heterocycles. The van der Waals surface area contributed by atoms with Crippen molar-refractivity contribution in [3.05, 3.63) is 64.7 Å². The van der Waals surface area contributed by atoms with Gasteiger partial charge in [0.2, 0.25) is 0 Å². The third-order valence-electron chi connectivity index (χ3n) is 3.92. The van der Waals surface area contributed by atoms with Crippen LogP contribution in [0.3, 0.4) is 0 Å². The van der Waals surface area contributed by atoms with Gasteiger partial charge in [-0.15, -0.1) is 0 Å². The zero-order valence-corrected chi connectivity index (χ0v) is 11.4. The van der Waals surface area contributed by atoms with Crippen molar-refractivity contribution in [2.45, 2.75) is 33.0 Å². The van der Waals surface area contributed by atoms with Crippen LogP contribution < -0.4 is 5.73 Å². The lowest BCUT2D eigenvalue weighted by atomic mass is 10.1. The van der Waals surface area contributed by atoms with Crippen LogP contribution in [-0.2, 0) is 26.1 Å². The van der Waals surface area contributed by atoms with Crippen LogP contribution in [0.25, 0.3) is 0 Å². The molecule has 2 heteroatoms. The molecule has 0 saturated carbocycles. The topological polar surface area (TPSA) is 29.3 Å². The van der Waals surface area contributed by atoms with Crippen molar-refractivity contribution in [2.24, 2.45) is 0 Å². The number of nitrogen functional groups attached to an aromatic ring is 1. The van der Waals surface area contributed by atoms with Crippen molar-refractivity contribution in [1.29, 1.82) is 0 Å². The maximum Gasteiger partial charge on any atom is 0.0363 e. The Morgan fingerprint density at radius 2 is 1.74 bits per heavy atom. The molecule has 0 aliphatic carbocycles. The number of nitrogens with zero attached hydrogens (tertiary/aromatic N) is 1. The number of hydrogen-bond acceptors (Lipinski definition) is 2. The Morgan fingerprint density at radius 3 is 2.42 bits per heavy atom. The van der Waals surface area contributed by atoms with Crippen molar-refractivity contribution < 1.29 is 0 Å². The van der Waals surface area contributed by atoms with Gasteiger partial charge in [0.25, 0.3) is 0 Å². The van der Waals surface area contributed by atoms with E-state index in [1.165, 1.54) is 22.3 Å². The van der Waals surface area contributed by atoms with E-state index in [4.69, 9.17) is 5.73 Å². The van der Waals surface area contributed by atoms with E-state index in [-0.39, 0.29) is 0 Å². The third kappa shape index (κ3) is 2.49. The molecule has 2 aromatic rings. The summed E-state index contributed by atoms with van der Waals surface area (Å²) in [4.78, 5) is 2.45. The van der Waals surface area contributed by atoms with Gasteiger partial charge in [-0.05, 0) is 34.7 Å². The SMILES string of the molecule is CCc1ccc(CN2Cc3cccc(N)c3C2)cc1.